The maximum Gasteiger partial charge on any atom is 0.321 e. The molecule has 56 heavy (non-hydrogen) atoms. The van der Waals surface area contributed by atoms with Gasteiger partial charge in [0, 0.05) is 51.4 Å². The Morgan fingerprint density at radius 3 is 1.27 bits per heavy atom. The highest BCUT2D eigenvalue weighted by Crippen LogP contribution is 2.34. The molecule has 0 radical (unpaired) electrons. The molecular weight excluding hydrogens is 864 g/mol. The second-order valence-corrected chi connectivity index (χ2v) is 30.3. The van der Waals surface area contributed by atoms with E-state index in [2.05, 4.69) is 144 Å². The third-order valence-electron chi connectivity index (χ3n) is 10.1. The number of halogens is 2. The van der Waals surface area contributed by atoms with Gasteiger partial charge in [0.1, 0.15) is 25.8 Å². The van der Waals surface area contributed by atoms with Gasteiger partial charge in [-0.15, -0.1) is 0 Å². The molecule has 0 N–H and O–H groups in total. The van der Waals surface area contributed by atoms with Crippen LogP contribution in [0.25, 0.3) is 0 Å². The number of hydrogen-bond acceptors (Lipinski definition) is 5. The lowest BCUT2D eigenvalue weighted by Gasteiger charge is -2.38. The molecule has 302 valence electrons. The summed E-state index contributed by atoms with van der Waals surface area (Å²) in [6, 6.07) is 38.4. The normalized spacial score (nSPS) is 19.3. The summed E-state index contributed by atoms with van der Waals surface area (Å²) in [5.41, 5.74) is 4.27. The van der Waals surface area contributed by atoms with Crippen LogP contribution in [0.2, 0.25) is 51.4 Å². The summed E-state index contributed by atoms with van der Waals surface area (Å²) in [5.74, 6) is 0. The Kier molecular flexibility index (Phi) is 17.0. The highest BCUT2D eigenvalue weighted by Gasteiger charge is 2.49. The number of carbonyl (C=O) groups is 1. The van der Waals surface area contributed by atoms with Gasteiger partial charge in [0.05, 0.1) is 12.1 Å². The van der Waals surface area contributed by atoms with E-state index in [4.69, 9.17) is 18.9 Å². The fourth-order valence-electron chi connectivity index (χ4n) is 6.98. The van der Waals surface area contributed by atoms with E-state index < -0.39 is 40.4 Å². The summed E-state index contributed by atoms with van der Waals surface area (Å²) in [6.07, 6.45) is 0.0264. The zero-order chi connectivity index (χ0) is 40.1. The van der Waals surface area contributed by atoms with Crippen molar-refractivity contribution in [2.45, 2.75) is 102 Å². The van der Waals surface area contributed by atoms with E-state index in [1.54, 1.807) is 0 Å². The summed E-state index contributed by atoms with van der Waals surface area (Å²) >= 11 is 7.37. The molecule has 11 heteroatoms. The maximum atomic E-state index is 15.7. The van der Waals surface area contributed by atoms with E-state index >= 15 is 4.79 Å². The molecule has 0 aromatic heterocycles. The van der Waals surface area contributed by atoms with Crippen molar-refractivity contribution in [2.24, 2.45) is 0 Å². The second-order valence-electron chi connectivity index (χ2n) is 17.2. The number of urea groups is 1. The van der Waals surface area contributed by atoms with Gasteiger partial charge in [0.15, 0.2) is 0 Å². The van der Waals surface area contributed by atoms with E-state index in [9.17, 15) is 0 Å². The van der Waals surface area contributed by atoms with Gasteiger partial charge in [0.2, 0.25) is 0 Å². The topological polar surface area (TPSA) is 60.5 Å². The van der Waals surface area contributed by atoms with Crippen LogP contribution in [0.5, 0.6) is 0 Å². The van der Waals surface area contributed by atoms with Crippen molar-refractivity contribution in [1.29, 1.82) is 0 Å². The molecule has 0 bridgehead atoms. The van der Waals surface area contributed by atoms with Gasteiger partial charge in [0.25, 0.3) is 0 Å². The van der Waals surface area contributed by atoms with Crippen LogP contribution in [-0.4, -0.2) is 83.1 Å². The zero-order valence-electron chi connectivity index (χ0n) is 34.0. The molecule has 0 saturated carbocycles. The lowest BCUT2D eigenvalue weighted by atomic mass is 9.90. The van der Waals surface area contributed by atoms with Gasteiger partial charge in [-0.05, 0) is 71.4 Å². The SMILES string of the molecule is C[Si](C)(C)CCOCO[C@@H]1[C@@H](OCOCC[Si](C)(C)C)[C@@H](Cc2ccccc2)N(Cc2cccc(Br)c2)C(=O)N(Cc2cccc(Br)c2)[C@@H]1Cc1ccccc1. The zero-order valence-corrected chi connectivity index (χ0v) is 39.1. The lowest BCUT2D eigenvalue weighted by molar-refractivity contribution is -0.188. The van der Waals surface area contributed by atoms with Crippen molar-refractivity contribution in [1.82, 2.24) is 9.80 Å². The van der Waals surface area contributed by atoms with Crippen molar-refractivity contribution in [3.05, 3.63) is 140 Å². The largest absolute Gasteiger partial charge is 0.356 e. The Bertz CT molecular complexity index is 1660. The van der Waals surface area contributed by atoms with Crippen LogP contribution < -0.4 is 0 Å². The average molecular weight is 925 g/mol. The van der Waals surface area contributed by atoms with Crippen LogP contribution in [0, 0.1) is 0 Å². The molecule has 0 spiro atoms. The molecule has 1 aliphatic heterocycles. The maximum absolute atomic E-state index is 15.7. The number of ether oxygens (including phenoxy) is 4. The predicted molar refractivity (Wildman–Crippen MR) is 240 cm³/mol. The first-order chi connectivity index (χ1) is 26.8. The second kappa shape index (κ2) is 21.4. The molecule has 2 amide bonds. The minimum absolute atomic E-state index is 0.0641. The van der Waals surface area contributed by atoms with Gasteiger partial charge in [-0.25, -0.2) is 4.79 Å². The number of hydrogen-bond donors (Lipinski definition) is 0. The van der Waals surface area contributed by atoms with E-state index in [1.165, 1.54) is 0 Å². The first kappa shape index (κ1) is 44.5. The van der Waals surface area contributed by atoms with Gasteiger partial charge in [-0.2, -0.15) is 0 Å². The Balaban J connectivity index is 1.65. The highest BCUT2D eigenvalue weighted by atomic mass is 79.9. The van der Waals surface area contributed by atoms with Crippen LogP contribution in [0.1, 0.15) is 22.3 Å². The Hall–Kier alpha value is -2.62. The highest BCUT2D eigenvalue weighted by molar-refractivity contribution is 9.10. The molecule has 4 atom stereocenters. The van der Waals surface area contributed by atoms with Crippen LogP contribution >= 0.6 is 31.9 Å². The minimum Gasteiger partial charge on any atom is -0.356 e. The van der Waals surface area contributed by atoms with Crippen LogP contribution in [0.4, 0.5) is 4.79 Å². The molecule has 1 aliphatic rings. The summed E-state index contributed by atoms with van der Waals surface area (Å²) < 4.78 is 28.5. The van der Waals surface area contributed by atoms with E-state index in [-0.39, 0.29) is 19.6 Å². The summed E-state index contributed by atoms with van der Waals surface area (Å²) in [7, 11) is -2.66. The Morgan fingerprint density at radius 2 is 0.911 bits per heavy atom. The molecule has 0 unspecified atom stereocenters. The molecule has 0 aliphatic carbocycles. The Labute approximate surface area is 354 Å². The van der Waals surface area contributed by atoms with Crippen molar-refractivity contribution in [2.75, 3.05) is 26.8 Å². The predicted octanol–water partition coefficient (Wildman–Crippen LogP) is 11.3. The molecule has 1 fully saturated rings. The van der Waals surface area contributed by atoms with Crippen molar-refractivity contribution >= 4 is 54.0 Å². The summed E-state index contributed by atoms with van der Waals surface area (Å²) in [4.78, 5) is 19.7. The van der Waals surface area contributed by atoms with Crippen molar-refractivity contribution < 1.29 is 23.7 Å². The third kappa shape index (κ3) is 14.3. The smallest absolute Gasteiger partial charge is 0.321 e. The molecular formula is C45H60Br2N2O5Si2. The first-order valence-corrected chi connectivity index (χ1v) is 28.8. The van der Waals surface area contributed by atoms with Gasteiger partial charge >= 0.3 is 6.03 Å². The number of nitrogens with zero attached hydrogens (tertiary/aromatic N) is 2. The fourth-order valence-corrected chi connectivity index (χ4v) is 9.39. The average Bonchev–Trinajstić information content (AvgIpc) is 3.21. The quantitative estimate of drug-likeness (QED) is 0.0502. The van der Waals surface area contributed by atoms with Crippen LogP contribution in [0.15, 0.2) is 118 Å². The van der Waals surface area contributed by atoms with E-state index in [0.29, 0.717) is 39.1 Å². The fraction of sp³-hybridized carbons (Fsp3) is 0.444. The third-order valence-corrected chi connectivity index (χ3v) is 14.5. The molecule has 7 nitrogen and oxygen atoms in total. The van der Waals surface area contributed by atoms with Crippen molar-refractivity contribution in [3.63, 3.8) is 0 Å². The van der Waals surface area contributed by atoms with Gasteiger partial charge < -0.3 is 28.7 Å². The monoisotopic (exact) mass is 922 g/mol. The first-order valence-electron chi connectivity index (χ1n) is 19.8. The number of carbonyl (C=O) groups excluding carboxylic acids is 1. The van der Waals surface area contributed by atoms with Crippen LogP contribution in [0.3, 0.4) is 0 Å². The van der Waals surface area contributed by atoms with Gasteiger partial charge in [-0.3, -0.25) is 0 Å². The number of benzene rings is 4. The molecule has 1 heterocycles. The Morgan fingerprint density at radius 1 is 0.536 bits per heavy atom. The molecule has 4 aromatic rings. The van der Waals surface area contributed by atoms with Gasteiger partial charge in [-0.1, -0.05) is 156 Å². The standard InChI is InChI=1S/C45H60Br2N2O5Si2/c1-55(2,3)25-23-51-33-53-43-41(29-35-15-9-7-10-16-35)48(31-37-19-13-21-39(46)27-37)45(50)49(32-38-20-14-22-40(47)28-38)42(30-36-17-11-8-12-18-36)44(43)54-34-52-24-26-56(4,5)6/h7-22,27-28,41-44H,23-26,29-34H2,1-6H3/t41-,42-,43+,44+/m1/s1. The van der Waals surface area contributed by atoms with E-state index in [0.717, 1.165) is 43.3 Å². The molecule has 4 aromatic carbocycles. The van der Waals surface area contributed by atoms with Crippen molar-refractivity contribution in [3.8, 4) is 0 Å². The summed E-state index contributed by atoms with van der Waals surface area (Å²) in [6.45, 7) is 16.3. The number of rotatable bonds is 20. The molecule has 5 rings (SSSR count). The lowest BCUT2D eigenvalue weighted by Crippen LogP contribution is -2.53. The molecule has 1 saturated heterocycles. The van der Waals surface area contributed by atoms with Crippen LogP contribution in [-0.2, 0) is 44.9 Å². The van der Waals surface area contributed by atoms with E-state index in [1.807, 2.05) is 46.2 Å². The number of amides is 2. The minimum atomic E-state index is -1.33. The summed E-state index contributed by atoms with van der Waals surface area (Å²) in [5, 5.41) is 0.